The van der Waals surface area contributed by atoms with Crippen LogP contribution in [0.4, 0.5) is 15.6 Å². The number of rotatable bonds is 6. The number of hydrogen-bond donors (Lipinski definition) is 2. The number of benzene rings is 1. The van der Waals surface area contributed by atoms with Gasteiger partial charge in [0.2, 0.25) is 11.0 Å². The van der Waals surface area contributed by atoms with Crippen molar-refractivity contribution in [1.29, 1.82) is 0 Å². The fourth-order valence-corrected chi connectivity index (χ4v) is 3.45. The number of methoxy groups -OCH3 is 2. The summed E-state index contributed by atoms with van der Waals surface area (Å²) in [5.74, 6) is 1.16. The quantitative estimate of drug-likeness (QED) is 0.783. The van der Waals surface area contributed by atoms with Crippen molar-refractivity contribution in [3.8, 4) is 11.5 Å². The van der Waals surface area contributed by atoms with Gasteiger partial charge in [-0.3, -0.25) is 10.1 Å². The molecule has 1 aliphatic rings. The molecule has 0 saturated carbocycles. The van der Waals surface area contributed by atoms with E-state index in [-0.39, 0.29) is 12.3 Å². The second-order valence-electron chi connectivity index (χ2n) is 5.95. The van der Waals surface area contributed by atoms with Gasteiger partial charge in [-0.05, 0) is 12.8 Å². The molecular weight excluding hydrogens is 370 g/mol. The second-order valence-corrected chi connectivity index (χ2v) is 7.01. The molecule has 0 radical (unpaired) electrons. The van der Waals surface area contributed by atoms with Gasteiger partial charge in [-0.2, -0.15) is 0 Å². The van der Waals surface area contributed by atoms with Gasteiger partial charge in [0.05, 0.1) is 20.6 Å². The molecule has 27 heavy (non-hydrogen) atoms. The number of aromatic nitrogens is 2. The zero-order valence-electron chi connectivity index (χ0n) is 15.2. The molecule has 0 aliphatic carbocycles. The van der Waals surface area contributed by atoms with Crippen LogP contribution >= 0.6 is 11.3 Å². The Labute approximate surface area is 160 Å². The van der Waals surface area contributed by atoms with Gasteiger partial charge < -0.3 is 19.7 Å². The number of ether oxygens (including phenoxy) is 2. The zero-order chi connectivity index (χ0) is 19.2. The molecule has 10 heteroatoms. The van der Waals surface area contributed by atoms with E-state index in [1.54, 1.807) is 18.2 Å². The highest BCUT2D eigenvalue weighted by atomic mass is 32.1. The zero-order valence-corrected chi connectivity index (χ0v) is 16.0. The monoisotopic (exact) mass is 391 g/mol. The molecule has 1 fully saturated rings. The van der Waals surface area contributed by atoms with Crippen LogP contribution in [0.1, 0.15) is 17.8 Å². The molecule has 2 heterocycles. The van der Waals surface area contributed by atoms with E-state index in [0.717, 1.165) is 25.9 Å². The number of carbonyl (C=O) groups excluding carboxylic acids is 2. The standard InChI is InChI=1S/C17H21N5O4S/c1-25-12-7-11(8-13(9-12)26-2)18-16(24)19-17-21-20-14(27-17)10-15(23)22-5-3-4-6-22/h7-9H,3-6,10H2,1-2H3,(H2,18,19,21,24). The number of amides is 3. The van der Waals surface area contributed by atoms with Crippen LogP contribution in [0.2, 0.25) is 0 Å². The lowest BCUT2D eigenvalue weighted by Gasteiger charge is -2.13. The average molecular weight is 391 g/mol. The third-order valence-electron chi connectivity index (χ3n) is 4.06. The first-order valence-electron chi connectivity index (χ1n) is 8.48. The van der Waals surface area contributed by atoms with Crippen molar-refractivity contribution in [3.05, 3.63) is 23.2 Å². The smallest absolute Gasteiger partial charge is 0.325 e. The van der Waals surface area contributed by atoms with Crippen molar-refractivity contribution in [2.45, 2.75) is 19.3 Å². The third-order valence-corrected chi connectivity index (χ3v) is 4.90. The minimum Gasteiger partial charge on any atom is -0.497 e. The van der Waals surface area contributed by atoms with Crippen LogP contribution in [0.25, 0.3) is 0 Å². The van der Waals surface area contributed by atoms with E-state index < -0.39 is 6.03 Å². The fourth-order valence-electron chi connectivity index (χ4n) is 2.72. The van der Waals surface area contributed by atoms with Gasteiger partial charge in [0.15, 0.2) is 0 Å². The molecule has 0 spiro atoms. The Bertz CT molecular complexity index is 797. The molecule has 0 atom stereocenters. The number of nitrogens with one attached hydrogen (secondary N) is 2. The Morgan fingerprint density at radius 2 is 1.74 bits per heavy atom. The number of likely N-dealkylation sites (tertiary alicyclic amines) is 1. The first-order chi connectivity index (χ1) is 13.1. The maximum Gasteiger partial charge on any atom is 0.325 e. The maximum atomic E-state index is 12.2. The molecule has 1 saturated heterocycles. The van der Waals surface area contributed by atoms with Crippen molar-refractivity contribution in [1.82, 2.24) is 15.1 Å². The lowest BCUT2D eigenvalue weighted by molar-refractivity contribution is -0.129. The third kappa shape index (κ3) is 5.07. The summed E-state index contributed by atoms with van der Waals surface area (Å²) in [6.07, 6.45) is 2.29. The van der Waals surface area contributed by atoms with Crippen LogP contribution in [-0.4, -0.2) is 54.3 Å². The van der Waals surface area contributed by atoms with E-state index in [4.69, 9.17) is 9.47 Å². The number of urea groups is 1. The minimum absolute atomic E-state index is 0.0446. The molecule has 2 aromatic rings. The van der Waals surface area contributed by atoms with Crippen molar-refractivity contribution in [3.63, 3.8) is 0 Å². The largest absolute Gasteiger partial charge is 0.497 e. The highest BCUT2D eigenvalue weighted by Gasteiger charge is 2.20. The molecule has 0 unspecified atom stereocenters. The predicted octanol–water partition coefficient (Wildman–Crippen LogP) is 2.36. The van der Waals surface area contributed by atoms with E-state index in [0.29, 0.717) is 27.3 Å². The highest BCUT2D eigenvalue weighted by Crippen LogP contribution is 2.26. The Morgan fingerprint density at radius 3 is 2.37 bits per heavy atom. The van der Waals surface area contributed by atoms with E-state index in [1.165, 1.54) is 25.6 Å². The molecule has 1 aliphatic heterocycles. The number of hydrogen-bond acceptors (Lipinski definition) is 7. The van der Waals surface area contributed by atoms with Gasteiger partial charge in [0, 0.05) is 37.0 Å². The van der Waals surface area contributed by atoms with Gasteiger partial charge in [-0.25, -0.2) is 4.79 Å². The molecule has 1 aromatic heterocycles. The summed E-state index contributed by atoms with van der Waals surface area (Å²) in [5, 5.41) is 14.1. The lowest BCUT2D eigenvalue weighted by Crippen LogP contribution is -2.28. The number of carbonyl (C=O) groups is 2. The lowest BCUT2D eigenvalue weighted by atomic mass is 10.3. The highest BCUT2D eigenvalue weighted by molar-refractivity contribution is 7.15. The van der Waals surface area contributed by atoms with Crippen LogP contribution < -0.4 is 20.1 Å². The molecule has 2 N–H and O–H groups in total. The van der Waals surface area contributed by atoms with Crippen molar-refractivity contribution in [2.75, 3.05) is 37.9 Å². The summed E-state index contributed by atoms with van der Waals surface area (Å²) >= 11 is 1.18. The molecule has 1 aromatic carbocycles. The van der Waals surface area contributed by atoms with Gasteiger partial charge in [0.1, 0.15) is 16.5 Å². The van der Waals surface area contributed by atoms with Gasteiger partial charge in [-0.1, -0.05) is 11.3 Å². The normalized spacial score (nSPS) is 13.3. The first kappa shape index (κ1) is 18.9. The molecule has 3 amide bonds. The van der Waals surface area contributed by atoms with E-state index in [2.05, 4.69) is 20.8 Å². The Kier molecular flexibility index (Phi) is 6.07. The molecule has 144 valence electrons. The molecular formula is C17H21N5O4S. The predicted molar refractivity (Wildman–Crippen MR) is 102 cm³/mol. The number of nitrogens with zero attached hydrogens (tertiary/aromatic N) is 3. The van der Waals surface area contributed by atoms with Gasteiger partial charge >= 0.3 is 6.03 Å². The van der Waals surface area contributed by atoms with Crippen LogP contribution in [0, 0.1) is 0 Å². The second kappa shape index (κ2) is 8.67. The summed E-state index contributed by atoms with van der Waals surface area (Å²) in [4.78, 5) is 26.2. The Hall–Kier alpha value is -2.88. The van der Waals surface area contributed by atoms with E-state index in [9.17, 15) is 9.59 Å². The van der Waals surface area contributed by atoms with Crippen molar-refractivity contribution >= 4 is 34.1 Å². The Morgan fingerprint density at radius 1 is 1.07 bits per heavy atom. The van der Waals surface area contributed by atoms with Crippen molar-refractivity contribution in [2.24, 2.45) is 0 Å². The fraction of sp³-hybridized carbons (Fsp3) is 0.412. The van der Waals surface area contributed by atoms with Crippen LogP contribution in [0.3, 0.4) is 0 Å². The van der Waals surface area contributed by atoms with Gasteiger partial charge in [-0.15, -0.1) is 10.2 Å². The molecule has 3 rings (SSSR count). The summed E-state index contributed by atoms with van der Waals surface area (Å²) in [6.45, 7) is 1.60. The Balaban J connectivity index is 1.57. The average Bonchev–Trinajstić information content (AvgIpc) is 3.33. The van der Waals surface area contributed by atoms with Crippen LogP contribution in [0.15, 0.2) is 18.2 Å². The summed E-state index contributed by atoms with van der Waals surface area (Å²) < 4.78 is 10.3. The first-order valence-corrected chi connectivity index (χ1v) is 9.30. The van der Waals surface area contributed by atoms with Crippen LogP contribution in [-0.2, 0) is 11.2 Å². The topological polar surface area (TPSA) is 106 Å². The summed E-state index contributed by atoms with van der Waals surface area (Å²) in [5.41, 5.74) is 0.512. The van der Waals surface area contributed by atoms with E-state index in [1.807, 2.05) is 4.90 Å². The van der Waals surface area contributed by atoms with Crippen LogP contribution in [0.5, 0.6) is 11.5 Å². The maximum absolute atomic E-state index is 12.2. The summed E-state index contributed by atoms with van der Waals surface area (Å²) in [6, 6.07) is 4.57. The molecule has 9 nitrogen and oxygen atoms in total. The van der Waals surface area contributed by atoms with Crippen molar-refractivity contribution < 1.29 is 19.1 Å². The SMILES string of the molecule is COc1cc(NC(=O)Nc2nnc(CC(=O)N3CCCC3)s2)cc(OC)c1. The molecule has 0 bridgehead atoms. The summed E-state index contributed by atoms with van der Waals surface area (Å²) in [7, 11) is 3.07. The number of anilines is 2. The minimum atomic E-state index is -0.473. The van der Waals surface area contributed by atoms with Gasteiger partial charge in [0.25, 0.3) is 0 Å². The van der Waals surface area contributed by atoms with E-state index >= 15 is 0 Å².